The smallest absolute Gasteiger partial charge is 0.311 e. The molecular formula is C21H26N2O2. The number of rotatable bonds is 1. The van der Waals surface area contributed by atoms with Crippen LogP contribution in [0.3, 0.4) is 0 Å². The number of methoxy groups -OCH3 is 1. The van der Waals surface area contributed by atoms with E-state index in [1.165, 1.54) is 43.6 Å². The van der Waals surface area contributed by atoms with E-state index >= 15 is 0 Å². The van der Waals surface area contributed by atoms with Crippen LogP contribution < -0.4 is 5.32 Å². The van der Waals surface area contributed by atoms with Crippen molar-refractivity contribution >= 4 is 11.7 Å². The Bertz CT molecular complexity index is 794. The second kappa shape index (κ2) is 4.22. The number of carbonyl (C=O) groups is 1. The van der Waals surface area contributed by atoms with Crippen LogP contribution >= 0.6 is 0 Å². The fraction of sp³-hybridized carbons (Fsp3) is 0.667. The van der Waals surface area contributed by atoms with E-state index < -0.39 is 0 Å². The average Bonchev–Trinajstić information content (AvgIpc) is 3.29. The molecule has 2 saturated carbocycles. The molecule has 4 fully saturated rings. The second-order valence-electron chi connectivity index (χ2n) is 9.04. The van der Waals surface area contributed by atoms with E-state index in [9.17, 15) is 4.79 Å². The monoisotopic (exact) mass is 338 g/mol. The lowest BCUT2D eigenvalue weighted by Gasteiger charge is -2.52. The Labute approximate surface area is 148 Å². The number of ether oxygens (including phenoxy) is 1. The standard InChI is InChI=1S/C21H26N2O2/c1-13-19-8-5-10-23-11-9-20(18(19)23)14-6-3-4-7-16(14)22-21(13,20)15(12-19)17(24)25-2/h3-4,6-7,13,15,18,22H,5,8-12H2,1-2H3/t13-,15-,18+,19+,20-,21-/m1/s1. The Hall–Kier alpha value is -1.55. The molecule has 3 spiro atoms. The lowest BCUT2D eigenvalue weighted by molar-refractivity contribution is -0.150. The van der Waals surface area contributed by atoms with Crippen LogP contribution in [0.2, 0.25) is 0 Å². The third-order valence-electron chi connectivity index (χ3n) is 8.91. The van der Waals surface area contributed by atoms with Gasteiger partial charge in [-0.15, -0.1) is 0 Å². The lowest BCUT2D eigenvalue weighted by atomic mass is 9.56. The summed E-state index contributed by atoms with van der Waals surface area (Å²) in [4.78, 5) is 15.7. The summed E-state index contributed by atoms with van der Waals surface area (Å²) >= 11 is 0. The van der Waals surface area contributed by atoms with Gasteiger partial charge >= 0.3 is 5.97 Å². The van der Waals surface area contributed by atoms with Crippen molar-refractivity contribution in [1.29, 1.82) is 0 Å². The van der Waals surface area contributed by atoms with Crippen molar-refractivity contribution in [3.63, 3.8) is 0 Å². The largest absolute Gasteiger partial charge is 0.469 e. The van der Waals surface area contributed by atoms with Gasteiger partial charge in [-0.05, 0) is 61.7 Å². The topological polar surface area (TPSA) is 41.6 Å². The molecule has 2 aliphatic carbocycles. The van der Waals surface area contributed by atoms with Crippen LogP contribution in [0.5, 0.6) is 0 Å². The van der Waals surface area contributed by atoms with E-state index in [0.29, 0.717) is 12.0 Å². The number of nitrogens with zero attached hydrogens (tertiary/aromatic N) is 1. The predicted molar refractivity (Wildman–Crippen MR) is 95.4 cm³/mol. The molecule has 4 heteroatoms. The highest BCUT2D eigenvalue weighted by molar-refractivity contribution is 5.82. The number of anilines is 1. The molecule has 6 atom stereocenters. The van der Waals surface area contributed by atoms with Crippen molar-refractivity contribution in [2.24, 2.45) is 17.3 Å². The minimum atomic E-state index is -0.173. The van der Waals surface area contributed by atoms with Gasteiger partial charge in [0, 0.05) is 17.1 Å². The summed E-state index contributed by atoms with van der Waals surface area (Å²) in [6, 6.07) is 9.42. The number of hydrogen-bond donors (Lipinski definition) is 1. The number of carbonyl (C=O) groups excluding carboxylic acids is 1. The first kappa shape index (κ1) is 14.6. The number of hydrogen-bond acceptors (Lipinski definition) is 4. The summed E-state index contributed by atoms with van der Waals surface area (Å²) in [5, 5.41) is 3.96. The van der Waals surface area contributed by atoms with Gasteiger partial charge in [0.25, 0.3) is 0 Å². The zero-order valence-corrected chi connectivity index (χ0v) is 15.0. The molecule has 1 aromatic carbocycles. The highest BCUT2D eigenvalue weighted by Gasteiger charge is 2.86. The minimum Gasteiger partial charge on any atom is -0.469 e. The molecule has 0 radical (unpaired) electrons. The van der Waals surface area contributed by atoms with Gasteiger partial charge in [-0.25, -0.2) is 0 Å². The van der Waals surface area contributed by atoms with Gasteiger partial charge in [0.1, 0.15) is 0 Å². The fourth-order valence-corrected chi connectivity index (χ4v) is 8.44. The number of piperidine rings is 1. The highest BCUT2D eigenvalue weighted by Crippen LogP contribution is 2.79. The molecule has 2 bridgehead atoms. The molecule has 1 aromatic rings. The summed E-state index contributed by atoms with van der Waals surface area (Å²) in [6.07, 6.45) is 4.69. The van der Waals surface area contributed by atoms with Crippen molar-refractivity contribution in [2.75, 3.05) is 25.5 Å². The van der Waals surface area contributed by atoms with Gasteiger partial charge in [0.2, 0.25) is 0 Å². The lowest BCUT2D eigenvalue weighted by Crippen LogP contribution is -2.63. The molecule has 0 amide bonds. The zero-order chi connectivity index (χ0) is 17.0. The van der Waals surface area contributed by atoms with Crippen LogP contribution in [0.25, 0.3) is 0 Å². The Morgan fingerprint density at radius 2 is 2.12 bits per heavy atom. The summed E-state index contributed by atoms with van der Waals surface area (Å²) in [5.41, 5.74) is 2.88. The van der Waals surface area contributed by atoms with Crippen molar-refractivity contribution in [1.82, 2.24) is 4.90 Å². The van der Waals surface area contributed by atoms with Gasteiger partial charge in [0.15, 0.2) is 0 Å². The number of esters is 1. The average molecular weight is 338 g/mol. The molecule has 2 saturated heterocycles. The fourth-order valence-electron chi connectivity index (χ4n) is 8.44. The first-order chi connectivity index (χ1) is 12.1. The van der Waals surface area contributed by atoms with Crippen LogP contribution in [0.15, 0.2) is 24.3 Å². The van der Waals surface area contributed by atoms with E-state index in [2.05, 4.69) is 41.4 Å². The van der Waals surface area contributed by atoms with E-state index in [1.54, 1.807) is 7.11 Å². The zero-order valence-electron chi connectivity index (χ0n) is 15.0. The molecule has 0 unspecified atom stereocenters. The highest BCUT2D eigenvalue weighted by atomic mass is 16.5. The third kappa shape index (κ3) is 1.23. The third-order valence-corrected chi connectivity index (χ3v) is 8.91. The van der Waals surface area contributed by atoms with Crippen molar-refractivity contribution < 1.29 is 9.53 Å². The quantitative estimate of drug-likeness (QED) is 0.800. The Morgan fingerprint density at radius 3 is 2.96 bits per heavy atom. The van der Waals surface area contributed by atoms with Gasteiger partial charge in [0.05, 0.1) is 18.6 Å². The molecular weight excluding hydrogens is 312 g/mol. The van der Waals surface area contributed by atoms with E-state index in [4.69, 9.17) is 4.74 Å². The predicted octanol–water partition coefficient (Wildman–Crippen LogP) is 2.79. The molecule has 4 nitrogen and oxygen atoms in total. The maximum atomic E-state index is 12.9. The van der Waals surface area contributed by atoms with Crippen molar-refractivity contribution in [2.45, 2.75) is 49.6 Å². The van der Waals surface area contributed by atoms with Crippen LogP contribution in [0, 0.1) is 17.3 Å². The normalized spacial score (nSPS) is 48.6. The van der Waals surface area contributed by atoms with Crippen LogP contribution in [0.4, 0.5) is 5.69 Å². The Kier molecular flexibility index (Phi) is 2.47. The molecule has 5 aliphatic rings. The first-order valence-electron chi connectivity index (χ1n) is 9.81. The maximum absolute atomic E-state index is 12.9. The summed E-state index contributed by atoms with van der Waals surface area (Å²) in [7, 11) is 1.56. The molecule has 0 aromatic heterocycles. The molecule has 3 aliphatic heterocycles. The SMILES string of the molecule is COC(=O)[C@H]1C[C@@]23CCCN4CC[C@@]5(c6ccccc6N[C@]15[C@@H]2C)[C@@H]43. The summed E-state index contributed by atoms with van der Waals surface area (Å²) in [6.45, 7) is 4.82. The molecule has 1 N–H and O–H groups in total. The molecule has 132 valence electrons. The number of benzene rings is 1. The molecule has 25 heavy (non-hydrogen) atoms. The number of para-hydroxylation sites is 1. The Morgan fingerprint density at radius 1 is 1.28 bits per heavy atom. The van der Waals surface area contributed by atoms with E-state index in [-0.39, 0.29) is 28.3 Å². The van der Waals surface area contributed by atoms with Gasteiger partial charge in [-0.2, -0.15) is 0 Å². The number of fused-ring (bicyclic) bond motifs is 1. The summed E-state index contributed by atoms with van der Waals surface area (Å²) < 4.78 is 5.32. The molecule has 3 heterocycles. The number of nitrogens with one attached hydrogen (secondary N) is 1. The van der Waals surface area contributed by atoms with Crippen LogP contribution in [-0.4, -0.2) is 42.6 Å². The van der Waals surface area contributed by atoms with Crippen molar-refractivity contribution in [3.05, 3.63) is 29.8 Å². The maximum Gasteiger partial charge on any atom is 0.311 e. The van der Waals surface area contributed by atoms with Gasteiger partial charge < -0.3 is 10.1 Å². The van der Waals surface area contributed by atoms with Crippen molar-refractivity contribution in [3.8, 4) is 0 Å². The van der Waals surface area contributed by atoms with Gasteiger partial charge in [-0.1, -0.05) is 25.1 Å². The Balaban J connectivity index is 1.67. The first-order valence-corrected chi connectivity index (χ1v) is 9.81. The van der Waals surface area contributed by atoms with Gasteiger partial charge in [-0.3, -0.25) is 9.69 Å². The van der Waals surface area contributed by atoms with E-state index in [1.807, 2.05) is 0 Å². The second-order valence-corrected chi connectivity index (χ2v) is 9.04. The molecule has 6 rings (SSSR count). The van der Waals surface area contributed by atoms with E-state index in [0.717, 1.165) is 6.42 Å². The van der Waals surface area contributed by atoms with Crippen LogP contribution in [-0.2, 0) is 14.9 Å². The minimum absolute atomic E-state index is 0.00844. The summed E-state index contributed by atoms with van der Waals surface area (Å²) in [5.74, 6) is 0.449. The van der Waals surface area contributed by atoms with Crippen LogP contribution in [0.1, 0.15) is 38.2 Å².